The number of aromatic amines is 1. The zero-order valence-corrected chi connectivity index (χ0v) is 13.4. The molecule has 0 aliphatic carbocycles. The molecule has 0 spiro atoms. The van der Waals surface area contributed by atoms with Gasteiger partial charge < -0.3 is 9.88 Å². The number of likely N-dealkylation sites (tertiary alicyclic amines) is 1. The van der Waals surface area contributed by atoms with Gasteiger partial charge in [0.25, 0.3) is 5.91 Å². The Bertz CT molecular complexity index is 777. The van der Waals surface area contributed by atoms with Gasteiger partial charge in [0.1, 0.15) is 5.82 Å². The standard InChI is InChI=1S/C18H19FN2O2/c1-10-16(11(2)20-17(10)12(3)22)18(23)21-9-8-15(21)13-4-6-14(19)7-5-13/h4-7,15,20H,8-9H2,1-3H3/t15-/m1/s1. The van der Waals surface area contributed by atoms with Crippen LogP contribution < -0.4 is 0 Å². The van der Waals surface area contributed by atoms with Gasteiger partial charge in [-0.15, -0.1) is 0 Å². The summed E-state index contributed by atoms with van der Waals surface area (Å²) in [5.41, 5.74) is 3.41. The second kappa shape index (κ2) is 5.65. The first-order chi connectivity index (χ1) is 10.9. The predicted octanol–water partition coefficient (Wildman–Crippen LogP) is 3.56. The van der Waals surface area contributed by atoms with Gasteiger partial charge in [0, 0.05) is 19.2 Å². The smallest absolute Gasteiger partial charge is 0.256 e. The van der Waals surface area contributed by atoms with Crippen LogP contribution in [0.1, 0.15) is 57.1 Å². The summed E-state index contributed by atoms with van der Waals surface area (Å²) >= 11 is 0. The number of amides is 1. The van der Waals surface area contributed by atoms with Crippen LogP contribution in [0, 0.1) is 19.7 Å². The predicted molar refractivity (Wildman–Crippen MR) is 85.1 cm³/mol. The lowest BCUT2D eigenvalue weighted by Gasteiger charge is -2.41. The Balaban J connectivity index is 1.89. The molecule has 1 N–H and O–H groups in total. The number of halogens is 1. The summed E-state index contributed by atoms with van der Waals surface area (Å²) in [5, 5.41) is 0. The molecule has 1 aliphatic rings. The summed E-state index contributed by atoms with van der Waals surface area (Å²) in [4.78, 5) is 29.3. The quantitative estimate of drug-likeness (QED) is 0.881. The van der Waals surface area contributed by atoms with E-state index in [0.29, 0.717) is 29.1 Å². The number of benzene rings is 1. The number of hydrogen-bond acceptors (Lipinski definition) is 2. The molecule has 23 heavy (non-hydrogen) atoms. The zero-order valence-electron chi connectivity index (χ0n) is 13.4. The molecular formula is C18H19FN2O2. The molecule has 1 saturated heterocycles. The highest BCUT2D eigenvalue weighted by Crippen LogP contribution is 2.35. The highest BCUT2D eigenvalue weighted by molar-refractivity contribution is 6.02. The lowest BCUT2D eigenvalue weighted by atomic mass is 9.93. The Morgan fingerprint density at radius 3 is 2.35 bits per heavy atom. The van der Waals surface area contributed by atoms with Crippen LogP contribution in [0.4, 0.5) is 4.39 Å². The molecule has 1 aromatic heterocycles. The largest absolute Gasteiger partial charge is 0.355 e. The molecule has 1 fully saturated rings. The van der Waals surface area contributed by atoms with E-state index in [-0.39, 0.29) is 23.5 Å². The minimum absolute atomic E-state index is 0.0300. The van der Waals surface area contributed by atoms with Crippen LogP contribution in [-0.2, 0) is 0 Å². The average molecular weight is 314 g/mol. The fraction of sp³-hybridized carbons (Fsp3) is 0.333. The minimum Gasteiger partial charge on any atom is -0.355 e. The fourth-order valence-corrected chi connectivity index (χ4v) is 3.23. The first kappa shape index (κ1) is 15.5. The third-order valence-corrected chi connectivity index (χ3v) is 4.54. The van der Waals surface area contributed by atoms with Crippen molar-refractivity contribution in [3.63, 3.8) is 0 Å². The summed E-state index contributed by atoms with van der Waals surface area (Å²) in [6, 6.07) is 6.24. The first-order valence-electron chi connectivity index (χ1n) is 7.66. The molecule has 0 saturated carbocycles. The van der Waals surface area contributed by atoms with E-state index in [4.69, 9.17) is 0 Å². The SMILES string of the molecule is CC(=O)c1[nH]c(C)c(C(=O)N2CC[C@@H]2c2ccc(F)cc2)c1C. The Hall–Kier alpha value is -2.43. The topological polar surface area (TPSA) is 53.2 Å². The summed E-state index contributed by atoms with van der Waals surface area (Å²) in [6.07, 6.45) is 0.861. The van der Waals surface area contributed by atoms with E-state index < -0.39 is 0 Å². The number of rotatable bonds is 3. The van der Waals surface area contributed by atoms with Crippen molar-refractivity contribution in [3.8, 4) is 0 Å². The zero-order chi connectivity index (χ0) is 16.7. The third-order valence-electron chi connectivity index (χ3n) is 4.54. The van der Waals surface area contributed by atoms with Gasteiger partial charge in [0.15, 0.2) is 5.78 Å². The number of carbonyl (C=O) groups excluding carboxylic acids is 2. The number of H-pyrrole nitrogens is 1. The van der Waals surface area contributed by atoms with E-state index in [0.717, 1.165) is 12.0 Å². The van der Waals surface area contributed by atoms with Crippen molar-refractivity contribution in [1.82, 2.24) is 9.88 Å². The molecule has 1 aromatic carbocycles. The van der Waals surface area contributed by atoms with Crippen LogP contribution in [0.5, 0.6) is 0 Å². The number of ketones is 1. The van der Waals surface area contributed by atoms with Crippen LogP contribution in [-0.4, -0.2) is 28.1 Å². The maximum atomic E-state index is 13.1. The highest BCUT2D eigenvalue weighted by atomic mass is 19.1. The molecule has 4 nitrogen and oxygen atoms in total. The minimum atomic E-state index is -0.283. The molecule has 5 heteroatoms. The number of nitrogens with one attached hydrogen (secondary N) is 1. The molecule has 1 atom stereocenters. The Morgan fingerprint density at radius 2 is 1.87 bits per heavy atom. The second-order valence-electron chi connectivity index (χ2n) is 6.04. The molecular weight excluding hydrogens is 295 g/mol. The summed E-state index contributed by atoms with van der Waals surface area (Å²) < 4.78 is 13.1. The molecule has 2 heterocycles. The van der Waals surface area contributed by atoms with Crippen molar-refractivity contribution < 1.29 is 14.0 Å². The van der Waals surface area contributed by atoms with E-state index in [9.17, 15) is 14.0 Å². The van der Waals surface area contributed by atoms with Crippen molar-refractivity contribution in [2.45, 2.75) is 33.2 Å². The van der Waals surface area contributed by atoms with Gasteiger partial charge in [-0.2, -0.15) is 0 Å². The lowest BCUT2D eigenvalue weighted by Crippen LogP contribution is -2.45. The maximum absolute atomic E-state index is 13.1. The van der Waals surface area contributed by atoms with E-state index >= 15 is 0 Å². The number of aromatic nitrogens is 1. The Morgan fingerprint density at radius 1 is 1.22 bits per heavy atom. The second-order valence-corrected chi connectivity index (χ2v) is 6.04. The van der Waals surface area contributed by atoms with E-state index in [1.54, 1.807) is 30.9 Å². The number of aryl methyl sites for hydroxylation is 1. The molecule has 1 amide bonds. The fourth-order valence-electron chi connectivity index (χ4n) is 3.23. The lowest BCUT2D eigenvalue weighted by molar-refractivity contribution is 0.0459. The maximum Gasteiger partial charge on any atom is 0.256 e. The molecule has 0 bridgehead atoms. The van der Waals surface area contributed by atoms with Crippen molar-refractivity contribution >= 4 is 11.7 Å². The average Bonchev–Trinajstić information content (AvgIpc) is 2.75. The summed E-state index contributed by atoms with van der Waals surface area (Å²) in [7, 11) is 0. The number of nitrogens with zero attached hydrogens (tertiary/aromatic N) is 1. The Kier molecular flexibility index (Phi) is 3.80. The van der Waals surface area contributed by atoms with Crippen LogP contribution in [0.2, 0.25) is 0 Å². The van der Waals surface area contributed by atoms with E-state index in [1.807, 2.05) is 0 Å². The molecule has 0 unspecified atom stereocenters. The molecule has 2 aromatic rings. The molecule has 0 radical (unpaired) electrons. The van der Waals surface area contributed by atoms with Gasteiger partial charge in [-0.1, -0.05) is 12.1 Å². The normalized spacial score (nSPS) is 17.0. The van der Waals surface area contributed by atoms with E-state index in [2.05, 4.69) is 4.98 Å². The van der Waals surface area contributed by atoms with Gasteiger partial charge in [-0.25, -0.2) is 4.39 Å². The van der Waals surface area contributed by atoms with Gasteiger partial charge >= 0.3 is 0 Å². The summed E-state index contributed by atoms with van der Waals surface area (Å²) in [6.45, 7) is 5.75. The van der Waals surface area contributed by atoms with Gasteiger partial charge in [0.05, 0.1) is 17.3 Å². The van der Waals surface area contributed by atoms with Crippen LogP contribution in [0.15, 0.2) is 24.3 Å². The number of hydrogen-bond donors (Lipinski definition) is 1. The van der Waals surface area contributed by atoms with E-state index in [1.165, 1.54) is 19.1 Å². The van der Waals surface area contributed by atoms with Gasteiger partial charge in [0.2, 0.25) is 0 Å². The highest BCUT2D eigenvalue weighted by Gasteiger charge is 2.36. The molecule has 120 valence electrons. The number of carbonyl (C=O) groups is 2. The Labute approximate surface area is 134 Å². The molecule has 1 aliphatic heterocycles. The van der Waals surface area contributed by atoms with Crippen molar-refractivity contribution in [2.75, 3.05) is 6.54 Å². The monoisotopic (exact) mass is 314 g/mol. The molecule has 3 rings (SSSR count). The van der Waals surface area contributed by atoms with Crippen molar-refractivity contribution in [2.24, 2.45) is 0 Å². The number of Topliss-reactive ketones (excluding diaryl/α,β-unsaturated/α-hetero) is 1. The van der Waals surface area contributed by atoms with Crippen molar-refractivity contribution in [3.05, 3.63) is 58.2 Å². The van der Waals surface area contributed by atoms with Gasteiger partial charge in [-0.05, 0) is 43.5 Å². The first-order valence-corrected chi connectivity index (χ1v) is 7.66. The van der Waals surface area contributed by atoms with Crippen LogP contribution in [0.3, 0.4) is 0 Å². The third kappa shape index (κ3) is 2.56. The van der Waals surface area contributed by atoms with Crippen LogP contribution in [0.25, 0.3) is 0 Å². The van der Waals surface area contributed by atoms with Crippen molar-refractivity contribution in [1.29, 1.82) is 0 Å². The van der Waals surface area contributed by atoms with Gasteiger partial charge in [-0.3, -0.25) is 9.59 Å². The van der Waals surface area contributed by atoms with Crippen LogP contribution >= 0.6 is 0 Å². The summed E-state index contributed by atoms with van der Waals surface area (Å²) in [5.74, 6) is -0.443.